The Morgan fingerprint density at radius 2 is 2.00 bits per heavy atom. The molecule has 1 aliphatic rings. The number of thioether (sulfide) groups is 1. The molecule has 1 aromatic heterocycles. The molecule has 0 spiro atoms. The van der Waals surface area contributed by atoms with Gasteiger partial charge in [0.05, 0.1) is 5.69 Å². The van der Waals surface area contributed by atoms with Gasteiger partial charge in [-0.25, -0.2) is 14.8 Å². The number of hydrogen-bond acceptors (Lipinski definition) is 4. The Morgan fingerprint density at radius 1 is 1.32 bits per heavy atom. The van der Waals surface area contributed by atoms with Crippen LogP contribution >= 0.6 is 23.4 Å². The Kier molecular flexibility index (Phi) is 4.36. The van der Waals surface area contributed by atoms with Crippen molar-refractivity contribution in [3.8, 4) is 0 Å². The summed E-state index contributed by atoms with van der Waals surface area (Å²) >= 11 is 7.31. The smallest absolute Gasteiger partial charge is 0.340 e. The number of aryl methyl sites for hydroxylation is 1. The number of carboxylic acid groups (broad SMARTS) is 1. The fourth-order valence-electron chi connectivity index (χ4n) is 2.17. The third-order valence-corrected chi connectivity index (χ3v) is 4.82. The Labute approximate surface area is 137 Å². The minimum absolute atomic E-state index is 0.211. The monoisotopic (exact) mass is 334 g/mol. The maximum Gasteiger partial charge on any atom is 0.340 e. The summed E-state index contributed by atoms with van der Waals surface area (Å²) in [6.45, 7) is 1.74. The summed E-state index contributed by atoms with van der Waals surface area (Å²) in [5.74, 6) is 0.855. The predicted octanol–water partition coefficient (Wildman–Crippen LogP) is 4.31. The molecule has 114 valence electrons. The van der Waals surface area contributed by atoms with Gasteiger partial charge in [-0.05, 0) is 37.5 Å². The fourth-order valence-corrected chi connectivity index (χ4v) is 3.33. The van der Waals surface area contributed by atoms with Crippen LogP contribution in [0.15, 0.2) is 29.3 Å². The van der Waals surface area contributed by atoms with Crippen LogP contribution in [-0.2, 0) is 5.75 Å². The summed E-state index contributed by atoms with van der Waals surface area (Å²) in [6.07, 6.45) is 2.18. The van der Waals surface area contributed by atoms with E-state index in [1.165, 1.54) is 11.8 Å². The van der Waals surface area contributed by atoms with Crippen molar-refractivity contribution in [2.75, 3.05) is 0 Å². The van der Waals surface area contributed by atoms with Gasteiger partial charge in [-0.2, -0.15) is 0 Å². The van der Waals surface area contributed by atoms with Gasteiger partial charge in [0.1, 0.15) is 16.4 Å². The molecule has 4 nitrogen and oxygen atoms in total. The average molecular weight is 335 g/mol. The number of rotatable bonds is 5. The van der Waals surface area contributed by atoms with Crippen molar-refractivity contribution < 1.29 is 9.90 Å². The van der Waals surface area contributed by atoms with Crippen LogP contribution in [0, 0.1) is 6.92 Å². The fraction of sp³-hybridized carbons (Fsp3) is 0.312. The van der Waals surface area contributed by atoms with Crippen molar-refractivity contribution in [3.05, 3.63) is 51.9 Å². The van der Waals surface area contributed by atoms with E-state index in [0.29, 0.717) is 27.4 Å². The van der Waals surface area contributed by atoms with E-state index in [1.54, 1.807) is 6.92 Å². The van der Waals surface area contributed by atoms with E-state index >= 15 is 0 Å². The summed E-state index contributed by atoms with van der Waals surface area (Å²) in [7, 11) is 0. The highest BCUT2D eigenvalue weighted by Crippen LogP contribution is 2.39. The van der Waals surface area contributed by atoms with Gasteiger partial charge in [-0.3, -0.25) is 0 Å². The summed E-state index contributed by atoms with van der Waals surface area (Å²) < 4.78 is 0. The molecule has 1 aliphatic carbocycles. The number of halogens is 1. The van der Waals surface area contributed by atoms with Crippen molar-refractivity contribution >= 4 is 29.3 Å². The van der Waals surface area contributed by atoms with Crippen molar-refractivity contribution in [1.29, 1.82) is 0 Å². The highest BCUT2D eigenvalue weighted by Gasteiger charge is 2.29. The molecular formula is C16H15ClN2O2S. The van der Waals surface area contributed by atoms with E-state index in [0.717, 1.165) is 24.2 Å². The molecule has 1 heterocycles. The maximum absolute atomic E-state index is 11.5. The predicted molar refractivity (Wildman–Crippen MR) is 86.7 cm³/mol. The molecule has 1 saturated carbocycles. The van der Waals surface area contributed by atoms with Gasteiger partial charge in [-0.1, -0.05) is 23.7 Å². The van der Waals surface area contributed by atoms with Gasteiger partial charge in [0, 0.05) is 16.7 Å². The van der Waals surface area contributed by atoms with Crippen LogP contribution in [0.3, 0.4) is 0 Å². The normalized spacial score (nSPS) is 14.1. The first kappa shape index (κ1) is 15.3. The molecule has 0 saturated heterocycles. The standard InChI is InChI=1S/C16H15ClN2O2S/c1-9-13(16(20)21)15(19-14(18-9)11-4-5-11)22-8-10-2-6-12(17)7-3-10/h2-3,6-7,11H,4-5,8H2,1H3,(H,20,21). The lowest BCUT2D eigenvalue weighted by Crippen LogP contribution is -2.09. The minimum atomic E-state index is -0.974. The average Bonchev–Trinajstić information content (AvgIpc) is 3.30. The Bertz CT molecular complexity index is 715. The number of carbonyl (C=O) groups is 1. The van der Waals surface area contributed by atoms with E-state index < -0.39 is 5.97 Å². The van der Waals surface area contributed by atoms with Crippen molar-refractivity contribution in [3.63, 3.8) is 0 Å². The first-order valence-corrected chi connectivity index (χ1v) is 8.40. The first-order valence-electron chi connectivity index (χ1n) is 7.03. The lowest BCUT2D eigenvalue weighted by molar-refractivity contribution is 0.0690. The molecule has 0 bridgehead atoms. The van der Waals surface area contributed by atoms with Crippen LogP contribution < -0.4 is 0 Å². The Hall–Kier alpha value is -1.59. The molecule has 0 unspecified atom stereocenters. The van der Waals surface area contributed by atoms with Crippen molar-refractivity contribution in [2.24, 2.45) is 0 Å². The third kappa shape index (κ3) is 3.42. The lowest BCUT2D eigenvalue weighted by atomic mass is 10.2. The van der Waals surface area contributed by atoms with E-state index in [4.69, 9.17) is 11.6 Å². The lowest BCUT2D eigenvalue weighted by Gasteiger charge is -2.10. The van der Waals surface area contributed by atoms with Gasteiger partial charge < -0.3 is 5.11 Å². The molecule has 1 fully saturated rings. The van der Waals surface area contributed by atoms with Gasteiger partial charge in [-0.15, -0.1) is 11.8 Å². The largest absolute Gasteiger partial charge is 0.478 e. The van der Waals surface area contributed by atoms with Crippen molar-refractivity contribution in [2.45, 2.75) is 36.5 Å². The molecule has 6 heteroatoms. The Morgan fingerprint density at radius 3 is 2.59 bits per heavy atom. The second-order valence-corrected chi connectivity index (χ2v) is 6.74. The van der Waals surface area contributed by atoms with Crippen LogP contribution in [0.1, 0.15) is 46.2 Å². The maximum atomic E-state index is 11.5. The van der Waals surface area contributed by atoms with Crippen molar-refractivity contribution in [1.82, 2.24) is 9.97 Å². The summed E-state index contributed by atoms with van der Waals surface area (Å²) in [5.41, 5.74) is 1.83. The van der Waals surface area contributed by atoms with Gasteiger partial charge in [0.15, 0.2) is 0 Å². The molecular weight excluding hydrogens is 320 g/mol. The topological polar surface area (TPSA) is 63.1 Å². The highest BCUT2D eigenvalue weighted by molar-refractivity contribution is 7.98. The number of carboxylic acids is 1. The van der Waals surface area contributed by atoms with Crippen LogP contribution in [0.2, 0.25) is 5.02 Å². The van der Waals surface area contributed by atoms with Crippen LogP contribution in [0.4, 0.5) is 0 Å². The molecule has 1 aromatic carbocycles. The van der Waals surface area contributed by atoms with E-state index in [9.17, 15) is 9.90 Å². The summed E-state index contributed by atoms with van der Waals surface area (Å²) in [4.78, 5) is 20.3. The first-order chi connectivity index (χ1) is 10.5. The molecule has 0 radical (unpaired) electrons. The highest BCUT2D eigenvalue weighted by atomic mass is 35.5. The van der Waals surface area contributed by atoms with E-state index in [1.807, 2.05) is 24.3 Å². The van der Waals surface area contributed by atoms with Crippen LogP contribution in [0.25, 0.3) is 0 Å². The van der Waals surface area contributed by atoms with Gasteiger partial charge >= 0.3 is 5.97 Å². The van der Waals surface area contributed by atoms with Crippen LogP contribution in [0.5, 0.6) is 0 Å². The molecule has 22 heavy (non-hydrogen) atoms. The molecule has 0 atom stereocenters. The zero-order valence-corrected chi connectivity index (χ0v) is 13.6. The van der Waals surface area contributed by atoms with Gasteiger partial charge in [0.25, 0.3) is 0 Å². The quantitative estimate of drug-likeness (QED) is 0.652. The molecule has 0 amide bonds. The van der Waals surface area contributed by atoms with Crippen LogP contribution in [-0.4, -0.2) is 21.0 Å². The Balaban J connectivity index is 1.87. The molecule has 0 aliphatic heterocycles. The number of nitrogens with zero attached hydrogens (tertiary/aromatic N) is 2. The summed E-state index contributed by atoms with van der Waals surface area (Å²) in [5, 5.41) is 10.7. The number of hydrogen-bond donors (Lipinski definition) is 1. The number of aromatic carboxylic acids is 1. The number of aromatic nitrogens is 2. The molecule has 3 rings (SSSR count). The SMILES string of the molecule is Cc1nc(C2CC2)nc(SCc2ccc(Cl)cc2)c1C(=O)O. The van der Waals surface area contributed by atoms with E-state index in [-0.39, 0.29) is 5.56 Å². The zero-order valence-electron chi connectivity index (χ0n) is 12.0. The summed E-state index contributed by atoms with van der Waals surface area (Å²) in [6, 6.07) is 7.53. The minimum Gasteiger partial charge on any atom is -0.478 e. The molecule has 1 N–H and O–H groups in total. The van der Waals surface area contributed by atoms with Gasteiger partial charge in [0.2, 0.25) is 0 Å². The second-order valence-electron chi connectivity index (χ2n) is 5.34. The third-order valence-electron chi connectivity index (χ3n) is 3.52. The second kappa shape index (κ2) is 6.26. The zero-order chi connectivity index (χ0) is 15.7. The number of benzene rings is 1. The molecule has 2 aromatic rings. The van der Waals surface area contributed by atoms with E-state index in [2.05, 4.69) is 9.97 Å².